The molecule has 0 saturated carbocycles. The molecule has 1 aliphatic rings. The van der Waals surface area contributed by atoms with Gasteiger partial charge in [-0.25, -0.2) is 8.78 Å². The van der Waals surface area contributed by atoms with E-state index < -0.39 is 11.6 Å². The Labute approximate surface area is 115 Å². The van der Waals surface area contributed by atoms with Crippen molar-refractivity contribution in [2.45, 2.75) is 25.8 Å². The minimum Gasteiger partial charge on any atom is -0.337 e. The maximum absolute atomic E-state index is 13.2. The van der Waals surface area contributed by atoms with Crippen molar-refractivity contribution in [1.82, 2.24) is 15.5 Å². The van der Waals surface area contributed by atoms with Gasteiger partial charge in [0.25, 0.3) is 0 Å². The Morgan fingerprint density at radius 3 is 2.90 bits per heavy atom. The maximum Gasteiger partial charge on any atom is 0.244 e. The van der Waals surface area contributed by atoms with Crippen molar-refractivity contribution in [3.63, 3.8) is 0 Å². The largest absolute Gasteiger partial charge is 0.337 e. The normalized spacial score (nSPS) is 22.9. The molecule has 0 amide bonds. The third-order valence-corrected chi connectivity index (χ3v) is 3.66. The van der Waals surface area contributed by atoms with E-state index in [2.05, 4.69) is 22.4 Å². The van der Waals surface area contributed by atoms with Gasteiger partial charge in [0.15, 0.2) is 11.6 Å². The van der Waals surface area contributed by atoms with Crippen molar-refractivity contribution < 1.29 is 13.3 Å². The number of hydrogen-bond acceptors (Lipinski definition) is 4. The van der Waals surface area contributed by atoms with E-state index in [9.17, 15) is 8.78 Å². The van der Waals surface area contributed by atoms with E-state index in [1.54, 1.807) is 0 Å². The molecule has 2 unspecified atom stereocenters. The van der Waals surface area contributed by atoms with Gasteiger partial charge in [0.1, 0.15) is 0 Å². The van der Waals surface area contributed by atoms with Crippen LogP contribution < -0.4 is 5.32 Å². The number of aromatic nitrogens is 2. The van der Waals surface area contributed by atoms with Crippen LogP contribution in [0.25, 0.3) is 11.4 Å². The Morgan fingerprint density at radius 1 is 1.30 bits per heavy atom. The Bertz CT molecular complexity index is 614. The van der Waals surface area contributed by atoms with Gasteiger partial charge in [-0.2, -0.15) is 4.98 Å². The molecular weight excluding hydrogens is 264 g/mol. The fraction of sp³-hybridized carbons (Fsp3) is 0.429. The molecular formula is C14H15F2N3O. The number of rotatable bonds is 2. The van der Waals surface area contributed by atoms with Crippen molar-refractivity contribution in [2.24, 2.45) is 5.92 Å². The summed E-state index contributed by atoms with van der Waals surface area (Å²) in [6.45, 7) is 3.04. The zero-order chi connectivity index (χ0) is 14.1. The zero-order valence-corrected chi connectivity index (χ0v) is 11.1. The van der Waals surface area contributed by atoms with Crippen molar-refractivity contribution in [3.05, 3.63) is 35.7 Å². The minimum absolute atomic E-state index is 0.0234. The highest BCUT2D eigenvalue weighted by atomic mass is 19.2. The van der Waals surface area contributed by atoms with Gasteiger partial charge in [-0.05, 0) is 43.5 Å². The first-order chi connectivity index (χ1) is 9.65. The third-order valence-electron chi connectivity index (χ3n) is 3.66. The van der Waals surface area contributed by atoms with Gasteiger partial charge in [-0.15, -0.1) is 0 Å². The Hall–Kier alpha value is -1.82. The number of benzene rings is 1. The van der Waals surface area contributed by atoms with E-state index in [1.165, 1.54) is 6.07 Å². The lowest BCUT2D eigenvalue weighted by Gasteiger charge is -2.26. The summed E-state index contributed by atoms with van der Waals surface area (Å²) < 4.78 is 31.4. The van der Waals surface area contributed by atoms with Crippen LogP contribution >= 0.6 is 0 Å². The predicted octanol–water partition coefficient (Wildman–Crippen LogP) is 3.08. The molecule has 0 radical (unpaired) electrons. The van der Waals surface area contributed by atoms with Crippen molar-refractivity contribution >= 4 is 0 Å². The zero-order valence-electron chi connectivity index (χ0n) is 11.1. The number of halogens is 2. The van der Waals surface area contributed by atoms with Crippen LogP contribution in [0.2, 0.25) is 0 Å². The summed E-state index contributed by atoms with van der Waals surface area (Å²) in [6, 6.07) is 3.59. The molecule has 1 aromatic heterocycles. The van der Waals surface area contributed by atoms with E-state index in [1.807, 2.05) is 0 Å². The minimum atomic E-state index is -0.919. The van der Waals surface area contributed by atoms with Gasteiger partial charge in [-0.1, -0.05) is 12.1 Å². The van der Waals surface area contributed by atoms with E-state index in [4.69, 9.17) is 4.52 Å². The van der Waals surface area contributed by atoms with E-state index in [0.717, 1.165) is 31.5 Å². The standard InChI is InChI=1S/C14H15F2N3O/c1-8-3-2-6-17-12(8)14-18-13(19-20-14)9-4-5-10(15)11(16)7-9/h4-5,7-8,12,17H,2-3,6H2,1H3. The van der Waals surface area contributed by atoms with Crippen molar-refractivity contribution in [3.8, 4) is 11.4 Å². The lowest BCUT2D eigenvalue weighted by molar-refractivity contribution is 0.239. The smallest absolute Gasteiger partial charge is 0.244 e. The second kappa shape index (κ2) is 5.28. The van der Waals surface area contributed by atoms with Gasteiger partial charge in [0, 0.05) is 5.56 Å². The first-order valence-corrected chi connectivity index (χ1v) is 6.67. The summed E-state index contributed by atoms with van der Waals surface area (Å²) in [5.74, 6) is -0.629. The Morgan fingerprint density at radius 2 is 2.15 bits per heavy atom. The molecule has 106 valence electrons. The number of hydrogen-bond donors (Lipinski definition) is 1. The SMILES string of the molecule is CC1CCCNC1c1nc(-c2ccc(F)c(F)c2)no1. The molecule has 1 aromatic carbocycles. The van der Waals surface area contributed by atoms with Crippen LogP contribution in [0.3, 0.4) is 0 Å². The monoisotopic (exact) mass is 279 g/mol. The van der Waals surface area contributed by atoms with Crippen LogP contribution in [0.4, 0.5) is 8.78 Å². The lowest BCUT2D eigenvalue weighted by atomic mass is 9.93. The highest BCUT2D eigenvalue weighted by Crippen LogP contribution is 2.29. The molecule has 0 aliphatic carbocycles. The fourth-order valence-corrected chi connectivity index (χ4v) is 2.49. The molecule has 2 aromatic rings. The molecule has 0 bridgehead atoms. The molecule has 2 atom stereocenters. The predicted molar refractivity (Wildman–Crippen MR) is 68.8 cm³/mol. The highest BCUT2D eigenvalue weighted by Gasteiger charge is 2.27. The van der Waals surface area contributed by atoms with Gasteiger partial charge >= 0.3 is 0 Å². The molecule has 20 heavy (non-hydrogen) atoms. The summed E-state index contributed by atoms with van der Waals surface area (Å²) in [6.07, 6.45) is 2.22. The lowest BCUT2D eigenvalue weighted by Crippen LogP contribution is -2.33. The van der Waals surface area contributed by atoms with Crippen LogP contribution in [0, 0.1) is 17.6 Å². The third kappa shape index (κ3) is 2.43. The van der Waals surface area contributed by atoms with E-state index in [-0.39, 0.29) is 11.9 Å². The summed E-state index contributed by atoms with van der Waals surface area (Å²) in [4.78, 5) is 4.30. The first kappa shape index (κ1) is 13.2. The van der Waals surface area contributed by atoms with Crippen LogP contribution in [0.15, 0.2) is 22.7 Å². The molecule has 4 nitrogen and oxygen atoms in total. The van der Waals surface area contributed by atoms with E-state index in [0.29, 0.717) is 17.4 Å². The quantitative estimate of drug-likeness (QED) is 0.918. The van der Waals surface area contributed by atoms with Gasteiger partial charge < -0.3 is 9.84 Å². The van der Waals surface area contributed by atoms with Gasteiger partial charge in [-0.3, -0.25) is 0 Å². The average Bonchev–Trinajstić information content (AvgIpc) is 2.92. The molecule has 1 N–H and O–H groups in total. The van der Waals surface area contributed by atoms with Crippen LogP contribution in [0.1, 0.15) is 31.7 Å². The van der Waals surface area contributed by atoms with Crippen LogP contribution in [0.5, 0.6) is 0 Å². The van der Waals surface area contributed by atoms with Crippen molar-refractivity contribution in [2.75, 3.05) is 6.54 Å². The van der Waals surface area contributed by atoms with E-state index >= 15 is 0 Å². The molecule has 1 saturated heterocycles. The second-order valence-corrected chi connectivity index (χ2v) is 5.14. The summed E-state index contributed by atoms with van der Waals surface area (Å²) >= 11 is 0. The second-order valence-electron chi connectivity index (χ2n) is 5.14. The average molecular weight is 279 g/mol. The number of piperidine rings is 1. The molecule has 0 spiro atoms. The molecule has 6 heteroatoms. The number of nitrogens with one attached hydrogen (secondary N) is 1. The van der Waals surface area contributed by atoms with Gasteiger partial charge in [0.05, 0.1) is 6.04 Å². The highest BCUT2D eigenvalue weighted by molar-refractivity contribution is 5.54. The van der Waals surface area contributed by atoms with Crippen LogP contribution in [-0.4, -0.2) is 16.7 Å². The summed E-state index contributed by atoms with van der Waals surface area (Å²) in [7, 11) is 0. The Balaban J connectivity index is 1.87. The number of nitrogens with zero attached hydrogens (tertiary/aromatic N) is 2. The maximum atomic E-state index is 13.2. The molecule has 2 heterocycles. The Kier molecular flexibility index (Phi) is 3.48. The summed E-state index contributed by atoms with van der Waals surface area (Å²) in [5.41, 5.74) is 0.405. The fourth-order valence-electron chi connectivity index (χ4n) is 2.49. The molecule has 1 fully saturated rings. The van der Waals surface area contributed by atoms with Crippen LogP contribution in [-0.2, 0) is 0 Å². The molecule has 1 aliphatic heterocycles. The first-order valence-electron chi connectivity index (χ1n) is 6.67. The molecule has 3 rings (SSSR count). The summed E-state index contributed by atoms with van der Waals surface area (Å²) in [5, 5.41) is 7.19. The van der Waals surface area contributed by atoms with Gasteiger partial charge in [0.2, 0.25) is 11.7 Å². The van der Waals surface area contributed by atoms with Crippen molar-refractivity contribution in [1.29, 1.82) is 0 Å². The topological polar surface area (TPSA) is 51.0 Å².